The number of alkyl halides is 3. The first-order valence-electron chi connectivity index (χ1n) is 10.6. The topological polar surface area (TPSA) is 75.0 Å². The Bertz CT molecular complexity index is 1320. The lowest BCUT2D eigenvalue weighted by Crippen LogP contribution is -2.37. The lowest BCUT2D eigenvalue weighted by atomic mass is 10.1. The van der Waals surface area contributed by atoms with Crippen LogP contribution in [0.25, 0.3) is 11.3 Å². The van der Waals surface area contributed by atoms with E-state index in [1.54, 1.807) is 41.4 Å². The van der Waals surface area contributed by atoms with Gasteiger partial charge in [0.15, 0.2) is 12.2 Å². The van der Waals surface area contributed by atoms with Crippen LogP contribution in [0.5, 0.6) is 0 Å². The number of hydrogen-bond donors (Lipinski definition) is 2. The molecule has 0 saturated carbocycles. The van der Waals surface area contributed by atoms with E-state index in [4.69, 9.17) is 0 Å². The minimum Gasteiger partial charge on any atom is -0.308 e. The SMILES string of the molecule is O=C(Nc1ccc(C(=O)C[n+]2ccc(-c3ccccc3)nc2)cc1)Nc1cccc(C(F)(F)F)c1. The molecule has 0 radical (unpaired) electrons. The van der Waals surface area contributed by atoms with Crippen LogP contribution in [0, 0.1) is 0 Å². The average molecular weight is 477 g/mol. The van der Waals surface area contributed by atoms with Crippen LogP contribution in [-0.2, 0) is 12.7 Å². The number of rotatable bonds is 6. The number of benzene rings is 3. The third-order valence-corrected chi connectivity index (χ3v) is 5.08. The molecule has 3 aromatic carbocycles. The molecule has 0 aliphatic heterocycles. The van der Waals surface area contributed by atoms with Crippen molar-refractivity contribution in [2.24, 2.45) is 0 Å². The van der Waals surface area contributed by atoms with Gasteiger partial charge in [-0.05, 0) is 47.4 Å². The monoisotopic (exact) mass is 477 g/mol. The maximum atomic E-state index is 12.8. The summed E-state index contributed by atoms with van der Waals surface area (Å²) >= 11 is 0. The fourth-order valence-electron chi connectivity index (χ4n) is 3.32. The van der Waals surface area contributed by atoms with Crippen LogP contribution < -0.4 is 15.2 Å². The van der Waals surface area contributed by atoms with E-state index in [1.807, 2.05) is 36.4 Å². The maximum absolute atomic E-state index is 12.8. The van der Waals surface area contributed by atoms with Gasteiger partial charge < -0.3 is 10.6 Å². The van der Waals surface area contributed by atoms with Crippen molar-refractivity contribution in [3.8, 4) is 11.3 Å². The molecule has 0 bridgehead atoms. The summed E-state index contributed by atoms with van der Waals surface area (Å²) in [5.41, 5.74) is 1.74. The standard InChI is InChI=1S/C26H19F3N4O2/c27-26(28,29)20-7-4-8-22(15-20)32-25(35)31-21-11-9-19(10-12-21)24(34)16-33-14-13-23(30-17-33)18-5-2-1-3-6-18/h1-15,17H,16H2,(H-,31,32,34,35)/p+1. The highest BCUT2D eigenvalue weighted by atomic mass is 19.4. The summed E-state index contributed by atoms with van der Waals surface area (Å²) in [7, 11) is 0. The molecule has 0 saturated heterocycles. The zero-order valence-electron chi connectivity index (χ0n) is 18.3. The van der Waals surface area contributed by atoms with Crippen molar-refractivity contribution < 1.29 is 27.3 Å². The van der Waals surface area contributed by atoms with Crippen LogP contribution >= 0.6 is 0 Å². The highest BCUT2D eigenvalue weighted by Gasteiger charge is 2.30. The van der Waals surface area contributed by atoms with Gasteiger partial charge in [-0.15, -0.1) is 0 Å². The Kier molecular flexibility index (Phi) is 6.86. The van der Waals surface area contributed by atoms with Gasteiger partial charge in [-0.3, -0.25) is 4.79 Å². The van der Waals surface area contributed by atoms with Crippen molar-refractivity contribution in [1.29, 1.82) is 0 Å². The zero-order chi connectivity index (χ0) is 24.8. The largest absolute Gasteiger partial charge is 0.416 e. The van der Waals surface area contributed by atoms with E-state index in [0.717, 1.165) is 23.4 Å². The molecular weight excluding hydrogens is 457 g/mol. The number of Topliss-reactive ketones (excluding diaryl/α,β-unsaturated/α-hetero) is 1. The van der Waals surface area contributed by atoms with Gasteiger partial charge in [-0.25, -0.2) is 9.36 Å². The van der Waals surface area contributed by atoms with E-state index in [0.29, 0.717) is 11.3 Å². The third kappa shape index (κ3) is 6.29. The van der Waals surface area contributed by atoms with E-state index in [1.165, 1.54) is 12.1 Å². The lowest BCUT2D eigenvalue weighted by Gasteiger charge is -2.11. The van der Waals surface area contributed by atoms with Crippen LogP contribution in [0.15, 0.2) is 97.5 Å². The van der Waals surface area contributed by atoms with Crippen molar-refractivity contribution in [2.45, 2.75) is 12.7 Å². The Balaban J connectivity index is 1.34. The van der Waals surface area contributed by atoms with E-state index in [-0.39, 0.29) is 18.0 Å². The van der Waals surface area contributed by atoms with Crippen LogP contribution in [0.4, 0.5) is 29.3 Å². The minimum absolute atomic E-state index is 0.00744. The van der Waals surface area contributed by atoms with Crippen molar-refractivity contribution in [1.82, 2.24) is 4.98 Å². The number of nitrogens with one attached hydrogen (secondary N) is 2. The van der Waals surface area contributed by atoms with Crippen molar-refractivity contribution >= 4 is 23.2 Å². The Morgan fingerprint density at radius 2 is 1.54 bits per heavy atom. The highest BCUT2D eigenvalue weighted by molar-refractivity contribution is 6.00. The molecule has 4 rings (SSSR count). The smallest absolute Gasteiger partial charge is 0.308 e. The molecule has 2 N–H and O–H groups in total. The molecule has 4 aromatic rings. The second-order valence-electron chi connectivity index (χ2n) is 7.64. The predicted octanol–water partition coefficient (Wildman–Crippen LogP) is 5.58. The average Bonchev–Trinajstić information content (AvgIpc) is 2.85. The van der Waals surface area contributed by atoms with Crippen molar-refractivity contribution in [2.75, 3.05) is 10.6 Å². The summed E-state index contributed by atoms with van der Waals surface area (Å²) in [6.07, 6.45) is -1.13. The van der Waals surface area contributed by atoms with Crippen molar-refractivity contribution in [3.05, 3.63) is 109 Å². The second-order valence-corrected chi connectivity index (χ2v) is 7.64. The molecule has 6 nitrogen and oxygen atoms in total. The summed E-state index contributed by atoms with van der Waals surface area (Å²) < 4.78 is 40.1. The molecule has 35 heavy (non-hydrogen) atoms. The Morgan fingerprint density at radius 3 is 2.20 bits per heavy atom. The molecule has 1 heterocycles. The van der Waals surface area contributed by atoms with Gasteiger partial charge in [0.2, 0.25) is 5.78 Å². The summed E-state index contributed by atoms with van der Waals surface area (Å²) in [6, 6.07) is 21.4. The Hall–Kier alpha value is -4.53. The number of nitrogens with zero attached hydrogens (tertiary/aromatic N) is 2. The van der Waals surface area contributed by atoms with Crippen LogP contribution in [0.3, 0.4) is 0 Å². The van der Waals surface area contributed by atoms with E-state index < -0.39 is 17.8 Å². The molecule has 0 unspecified atom stereocenters. The number of carbonyl (C=O) groups excluding carboxylic acids is 2. The van der Waals surface area contributed by atoms with E-state index in [2.05, 4.69) is 15.6 Å². The van der Waals surface area contributed by atoms with Crippen molar-refractivity contribution in [3.63, 3.8) is 0 Å². The first-order valence-corrected chi connectivity index (χ1v) is 10.6. The zero-order valence-corrected chi connectivity index (χ0v) is 18.3. The van der Waals surface area contributed by atoms with Gasteiger partial charge in [0.05, 0.1) is 11.8 Å². The molecule has 1 aromatic heterocycles. The van der Waals surface area contributed by atoms with E-state index >= 15 is 0 Å². The highest BCUT2D eigenvalue weighted by Crippen LogP contribution is 2.30. The molecule has 9 heteroatoms. The molecular formula is C26H20F3N4O2+. The van der Waals surface area contributed by atoms with Gasteiger partial charge in [0, 0.05) is 28.6 Å². The van der Waals surface area contributed by atoms with E-state index in [9.17, 15) is 22.8 Å². The van der Waals surface area contributed by atoms with Gasteiger partial charge in [-0.2, -0.15) is 13.2 Å². The van der Waals surface area contributed by atoms with Gasteiger partial charge in [0.1, 0.15) is 0 Å². The summed E-state index contributed by atoms with van der Waals surface area (Å²) in [4.78, 5) is 29.2. The summed E-state index contributed by atoms with van der Waals surface area (Å²) in [5.74, 6) is -0.149. The number of ketones is 1. The molecule has 0 aliphatic rings. The fraction of sp³-hybridized carbons (Fsp3) is 0.0769. The minimum atomic E-state index is -4.51. The number of amides is 2. The third-order valence-electron chi connectivity index (χ3n) is 5.08. The second kappa shape index (κ2) is 10.2. The normalized spacial score (nSPS) is 11.1. The number of anilines is 2. The number of aromatic nitrogens is 2. The van der Waals surface area contributed by atoms with Crippen LogP contribution in [0.1, 0.15) is 15.9 Å². The first-order chi connectivity index (χ1) is 16.8. The Labute approximate surface area is 199 Å². The van der Waals surface area contributed by atoms with Gasteiger partial charge >= 0.3 is 12.2 Å². The number of halogens is 3. The molecule has 0 fully saturated rings. The van der Waals surface area contributed by atoms with Crippen LogP contribution in [-0.4, -0.2) is 16.8 Å². The molecule has 2 amide bonds. The summed E-state index contributed by atoms with van der Waals surface area (Å²) in [6.45, 7) is 0.0882. The molecule has 0 spiro atoms. The van der Waals surface area contributed by atoms with Gasteiger partial charge in [-0.1, -0.05) is 36.4 Å². The molecule has 176 valence electrons. The number of carbonyl (C=O) groups is 2. The quantitative estimate of drug-likeness (QED) is 0.281. The maximum Gasteiger partial charge on any atom is 0.416 e. The molecule has 0 aliphatic carbocycles. The number of hydrogen-bond acceptors (Lipinski definition) is 3. The predicted molar refractivity (Wildman–Crippen MR) is 125 cm³/mol. The summed E-state index contributed by atoms with van der Waals surface area (Å²) in [5, 5.41) is 4.89. The fourth-order valence-corrected chi connectivity index (χ4v) is 3.32. The van der Waals surface area contributed by atoms with Crippen LogP contribution in [0.2, 0.25) is 0 Å². The van der Waals surface area contributed by atoms with Gasteiger partial charge in [0.25, 0.3) is 6.33 Å². The molecule has 0 atom stereocenters. The first kappa shape index (κ1) is 23.6. The lowest BCUT2D eigenvalue weighted by molar-refractivity contribution is -0.686. The number of urea groups is 1. The Morgan fingerprint density at radius 1 is 0.829 bits per heavy atom.